The number of rotatable bonds is 8. The number of unbranched alkanes of at least 4 members (excludes halogenated alkanes) is 5. The summed E-state index contributed by atoms with van der Waals surface area (Å²) in [4.78, 5) is 11.4. The maximum absolute atomic E-state index is 11.4. The highest BCUT2D eigenvalue weighted by molar-refractivity contribution is 5.85. The fourth-order valence-electron chi connectivity index (χ4n) is 3.04. The fourth-order valence-corrected chi connectivity index (χ4v) is 3.04. The highest BCUT2D eigenvalue weighted by Gasteiger charge is 2.38. The predicted octanol–water partition coefficient (Wildman–Crippen LogP) is 5.19. The van der Waals surface area contributed by atoms with E-state index in [1.165, 1.54) is 38.5 Å². The highest BCUT2D eigenvalue weighted by Crippen LogP contribution is 2.40. The minimum absolute atomic E-state index is 0. The second-order valence-corrected chi connectivity index (χ2v) is 5.66. The summed E-state index contributed by atoms with van der Waals surface area (Å²) < 4.78 is 0. The third kappa shape index (κ3) is 5.60. The monoisotopic (exact) mass is 276 g/mol. The lowest BCUT2D eigenvalue weighted by atomic mass is 9.71. The zero-order chi connectivity index (χ0) is 12.6. The van der Waals surface area contributed by atoms with Crippen LogP contribution in [0.1, 0.15) is 84.0 Å². The van der Waals surface area contributed by atoms with Gasteiger partial charge >= 0.3 is 5.97 Å². The average molecular weight is 277 g/mol. The Morgan fingerprint density at radius 1 is 1.00 bits per heavy atom. The van der Waals surface area contributed by atoms with Crippen LogP contribution >= 0.6 is 12.4 Å². The molecule has 3 heteroatoms. The molecule has 0 heterocycles. The van der Waals surface area contributed by atoms with Gasteiger partial charge in [-0.15, -0.1) is 12.4 Å². The first-order chi connectivity index (χ1) is 8.21. The Morgan fingerprint density at radius 2 is 1.56 bits per heavy atom. The zero-order valence-corrected chi connectivity index (χ0v) is 12.6. The van der Waals surface area contributed by atoms with Crippen molar-refractivity contribution in [3.05, 3.63) is 0 Å². The van der Waals surface area contributed by atoms with Crippen LogP contribution in [-0.2, 0) is 4.79 Å². The summed E-state index contributed by atoms with van der Waals surface area (Å²) in [7, 11) is 0. The van der Waals surface area contributed by atoms with Gasteiger partial charge in [0, 0.05) is 0 Å². The van der Waals surface area contributed by atoms with Crippen LogP contribution < -0.4 is 0 Å². The van der Waals surface area contributed by atoms with Gasteiger partial charge < -0.3 is 5.11 Å². The summed E-state index contributed by atoms with van der Waals surface area (Å²) in [5.41, 5.74) is -0.358. The molecule has 18 heavy (non-hydrogen) atoms. The number of carboxylic acids is 1. The van der Waals surface area contributed by atoms with Crippen molar-refractivity contribution in [3.63, 3.8) is 0 Å². The number of hydrogen-bond acceptors (Lipinski definition) is 1. The van der Waals surface area contributed by atoms with Gasteiger partial charge in [-0.25, -0.2) is 0 Å². The molecule has 0 bridgehead atoms. The standard InChI is InChI=1S/C15H28O2.ClH/c1-2-3-4-5-6-8-11-15(14(16)17)12-9-7-10-13-15;/h2-13H2,1H3,(H,16,17);1H. The quantitative estimate of drug-likeness (QED) is 0.619. The molecule has 1 rings (SSSR count). The lowest BCUT2D eigenvalue weighted by Crippen LogP contribution is -2.33. The summed E-state index contributed by atoms with van der Waals surface area (Å²) in [6, 6.07) is 0. The Kier molecular flexibility index (Phi) is 9.53. The van der Waals surface area contributed by atoms with Crippen molar-refractivity contribution < 1.29 is 9.90 Å². The van der Waals surface area contributed by atoms with Crippen molar-refractivity contribution in [2.24, 2.45) is 5.41 Å². The van der Waals surface area contributed by atoms with Gasteiger partial charge in [-0.2, -0.15) is 0 Å². The van der Waals surface area contributed by atoms with Crippen molar-refractivity contribution in [3.8, 4) is 0 Å². The number of carbonyl (C=O) groups is 1. The topological polar surface area (TPSA) is 37.3 Å². The van der Waals surface area contributed by atoms with Crippen LogP contribution in [0.5, 0.6) is 0 Å². The minimum Gasteiger partial charge on any atom is -0.481 e. The molecule has 0 spiro atoms. The van der Waals surface area contributed by atoms with Crippen molar-refractivity contribution in [1.82, 2.24) is 0 Å². The van der Waals surface area contributed by atoms with E-state index < -0.39 is 5.97 Å². The van der Waals surface area contributed by atoms with E-state index in [1.807, 2.05) is 0 Å². The molecule has 1 aliphatic carbocycles. The summed E-state index contributed by atoms with van der Waals surface area (Å²) in [6.45, 7) is 2.22. The first kappa shape index (κ1) is 17.8. The van der Waals surface area contributed by atoms with Gasteiger partial charge in [-0.1, -0.05) is 64.7 Å². The van der Waals surface area contributed by atoms with Crippen LogP contribution in [0.4, 0.5) is 0 Å². The fraction of sp³-hybridized carbons (Fsp3) is 0.933. The second kappa shape index (κ2) is 9.66. The van der Waals surface area contributed by atoms with Gasteiger partial charge in [0.15, 0.2) is 0 Å². The molecule has 1 fully saturated rings. The highest BCUT2D eigenvalue weighted by atomic mass is 35.5. The molecule has 1 N–H and O–H groups in total. The van der Waals surface area contributed by atoms with Crippen LogP contribution in [0.2, 0.25) is 0 Å². The van der Waals surface area contributed by atoms with E-state index in [2.05, 4.69) is 6.92 Å². The van der Waals surface area contributed by atoms with Gasteiger partial charge in [-0.3, -0.25) is 4.79 Å². The smallest absolute Gasteiger partial charge is 0.309 e. The first-order valence-corrected chi connectivity index (χ1v) is 7.45. The van der Waals surface area contributed by atoms with E-state index >= 15 is 0 Å². The molecule has 0 radical (unpaired) electrons. The van der Waals surface area contributed by atoms with Crippen molar-refractivity contribution in [2.45, 2.75) is 84.0 Å². The molecule has 0 atom stereocenters. The Hall–Kier alpha value is -0.240. The predicted molar refractivity (Wildman–Crippen MR) is 78.4 cm³/mol. The van der Waals surface area contributed by atoms with Crippen molar-refractivity contribution >= 4 is 18.4 Å². The third-order valence-electron chi connectivity index (χ3n) is 4.27. The zero-order valence-electron chi connectivity index (χ0n) is 11.7. The van der Waals surface area contributed by atoms with Crippen LogP contribution in [0.15, 0.2) is 0 Å². The number of aliphatic carboxylic acids is 1. The van der Waals surface area contributed by atoms with Gasteiger partial charge in [0.1, 0.15) is 0 Å². The Labute approximate surface area is 118 Å². The lowest BCUT2D eigenvalue weighted by molar-refractivity contribution is -0.151. The van der Waals surface area contributed by atoms with Crippen LogP contribution in [0.3, 0.4) is 0 Å². The molecule has 1 saturated carbocycles. The molecule has 0 unspecified atom stereocenters. The van der Waals surface area contributed by atoms with Crippen LogP contribution in [0, 0.1) is 5.41 Å². The maximum atomic E-state index is 11.4. The molecule has 1 aliphatic rings. The van der Waals surface area contributed by atoms with E-state index in [0.717, 1.165) is 38.5 Å². The van der Waals surface area contributed by atoms with Gasteiger partial charge in [-0.05, 0) is 19.3 Å². The summed E-state index contributed by atoms with van der Waals surface area (Å²) in [5.74, 6) is -0.536. The summed E-state index contributed by atoms with van der Waals surface area (Å²) in [6.07, 6.45) is 13.7. The largest absolute Gasteiger partial charge is 0.481 e. The maximum Gasteiger partial charge on any atom is 0.309 e. The molecule has 0 amide bonds. The van der Waals surface area contributed by atoms with Crippen LogP contribution in [0.25, 0.3) is 0 Å². The van der Waals surface area contributed by atoms with Crippen molar-refractivity contribution in [2.75, 3.05) is 0 Å². The molecule has 0 aromatic carbocycles. The molecule has 0 aromatic rings. The molecule has 0 aliphatic heterocycles. The number of hydrogen-bond donors (Lipinski definition) is 1. The van der Waals surface area contributed by atoms with Gasteiger partial charge in [0.2, 0.25) is 0 Å². The van der Waals surface area contributed by atoms with Crippen molar-refractivity contribution in [1.29, 1.82) is 0 Å². The molecule has 0 saturated heterocycles. The van der Waals surface area contributed by atoms with Gasteiger partial charge in [0.25, 0.3) is 0 Å². The van der Waals surface area contributed by atoms with E-state index in [0.29, 0.717) is 0 Å². The molecular formula is C15H29ClO2. The second-order valence-electron chi connectivity index (χ2n) is 5.66. The third-order valence-corrected chi connectivity index (χ3v) is 4.27. The van der Waals surface area contributed by atoms with E-state index in [4.69, 9.17) is 0 Å². The molecular weight excluding hydrogens is 248 g/mol. The molecule has 0 aromatic heterocycles. The lowest BCUT2D eigenvalue weighted by Gasteiger charge is -2.33. The van der Waals surface area contributed by atoms with E-state index in [1.54, 1.807) is 0 Å². The Bertz CT molecular complexity index is 223. The molecule has 2 nitrogen and oxygen atoms in total. The number of halogens is 1. The SMILES string of the molecule is CCCCCCCCC1(C(=O)O)CCCCC1.Cl. The first-order valence-electron chi connectivity index (χ1n) is 7.45. The molecule has 108 valence electrons. The normalized spacial score (nSPS) is 18.1. The minimum atomic E-state index is -0.536. The Morgan fingerprint density at radius 3 is 2.11 bits per heavy atom. The van der Waals surface area contributed by atoms with E-state index in [-0.39, 0.29) is 17.8 Å². The summed E-state index contributed by atoms with van der Waals surface area (Å²) in [5, 5.41) is 9.43. The summed E-state index contributed by atoms with van der Waals surface area (Å²) >= 11 is 0. The van der Waals surface area contributed by atoms with Crippen LogP contribution in [-0.4, -0.2) is 11.1 Å². The van der Waals surface area contributed by atoms with E-state index in [9.17, 15) is 9.90 Å². The Balaban J connectivity index is 0.00000289. The van der Waals surface area contributed by atoms with Gasteiger partial charge in [0.05, 0.1) is 5.41 Å². The average Bonchev–Trinajstić information content (AvgIpc) is 2.34. The number of carboxylic acid groups (broad SMARTS) is 1.